The Kier molecular flexibility index (Phi) is 7.49. The molecule has 0 aliphatic heterocycles. The van der Waals surface area contributed by atoms with Crippen LogP contribution in [0.4, 0.5) is 14.5 Å². The van der Waals surface area contributed by atoms with Crippen LogP contribution < -0.4 is 10.0 Å². The minimum atomic E-state index is -3.64. The molecule has 0 saturated carbocycles. The van der Waals surface area contributed by atoms with E-state index < -0.39 is 33.3 Å². The smallest absolute Gasteiger partial charge is 0.240 e. The number of aryl methyl sites for hydroxylation is 1. The molecule has 0 unspecified atom stereocenters. The Hall–Kier alpha value is -3.10. The molecular formula is C23H22F2N2O3S. The number of para-hydroxylation sites is 1. The number of carbonyl (C=O) groups is 1. The SMILES string of the molecule is O=C(CCc1ccc(S(=O)(=O)NCCc2ccccc2)cc1)Nc1c(F)cccc1F. The fourth-order valence-electron chi connectivity index (χ4n) is 2.97. The Morgan fingerprint density at radius 2 is 1.39 bits per heavy atom. The van der Waals surface area contributed by atoms with E-state index in [1.54, 1.807) is 12.1 Å². The van der Waals surface area contributed by atoms with Gasteiger partial charge in [-0.3, -0.25) is 4.79 Å². The number of hydrogen-bond acceptors (Lipinski definition) is 3. The number of halogens is 2. The lowest BCUT2D eigenvalue weighted by Crippen LogP contribution is -2.26. The second kappa shape index (κ2) is 10.3. The second-order valence-electron chi connectivity index (χ2n) is 6.92. The van der Waals surface area contributed by atoms with Gasteiger partial charge >= 0.3 is 0 Å². The highest BCUT2D eigenvalue weighted by Crippen LogP contribution is 2.18. The van der Waals surface area contributed by atoms with Gasteiger partial charge < -0.3 is 5.32 Å². The zero-order valence-corrected chi connectivity index (χ0v) is 17.5. The molecule has 0 spiro atoms. The van der Waals surface area contributed by atoms with Crippen molar-refractivity contribution < 1.29 is 22.0 Å². The van der Waals surface area contributed by atoms with Crippen molar-refractivity contribution >= 4 is 21.6 Å². The van der Waals surface area contributed by atoms with Gasteiger partial charge in [0, 0.05) is 13.0 Å². The molecule has 0 aliphatic rings. The number of benzene rings is 3. The van der Waals surface area contributed by atoms with E-state index in [2.05, 4.69) is 10.0 Å². The molecule has 0 bridgehead atoms. The monoisotopic (exact) mass is 444 g/mol. The van der Waals surface area contributed by atoms with E-state index in [0.29, 0.717) is 12.8 Å². The van der Waals surface area contributed by atoms with Crippen molar-refractivity contribution in [2.45, 2.75) is 24.2 Å². The number of anilines is 1. The normalized spacial score (nSPS) is 11.3. The van der Waals surface area contributed by atoms with Crippen molar-refractivity contribution in [1.29, 1.82) is 0 Å². The van der Waals surface area contributed by atoms with Crippen LogP contribution in [0.25, 0.3) is 0 Å². The van der Waals surface area contributed by atoms with Gasteiger partial charge in [0.1, 0.15) is 17.3 Å². The van der Waals surface area contributed by atoms with Crippen LogP contribution in [-0.4, -0.2) is 20.9 Å². The number of amides is 1. The molecule has 0 aromatic heterocycles. The lowest BCUT2D eigenvalue weighted by Gasteiger charge is -2.09. The van der Waals surface area contributed by atoms with Crippen LogP contribution in [0.15, 0.2) is 77.7 Å². The Balaban J connectivity index is 1.51. The van der Waals surface area contributed by atoms with Gasteiger partial charge in [-0.2, -0.15) is 0 Å². The Labute approximate surface area is 180 Å². The summed E-state index contributed by atoms with van der Waals surface area (Å²) in [6, 6.07) is 19.1. The molecule has 3 rings (SSSR count). The Morgan fingerprint density at radius 3 is 2.03 bits per heavy atom. The summed E-state index contributed by atoms with van der Waals surface area (Å²) in [6.07, 6.45) is 0.870. The molecule has 162 valence electrons. The van der Waals surface area contributed by atoms with Crippen LogP contribution in [0.2, 0.25) is 0 Å². The first-order valence-corrected chi connectivity index (χ1v) is 11.2. The first-order chi connectivity index (χ1) is 14.8. The molecule has 0 saturated heterocycles. The maximum atomic E-state index is 13.6. The van der Waals surface area contributed by atoms with E-state index in [1.807, 2.05) is 30.3 Å². The average molecular weight is 445 g/mol. The van der Waals surface area contributed by atoms with Crippen LogP contribution in [-0.2, 0) is 27.7 Å². The summed E-state index contributed by atoms with van der Waals surface area (Å²) < 4.78 is 54.6. The minimum absolute atomic E-state index is 0.00477. The maximum Gasteiger partial charge on any atom is 0.240 e. The van der Waals surface area contributed by atoms with Crippen LogP contribution in [0.1, 0.15) is 17.5 Å². The third kappa shape index (κ3) is 6.44. The highest BCUT2D eigenvalue weighted by atomic mass is 32.2. The predicted octanol–water partition coefficient (Wildman–Crippen LogP) is 4.06. The molecule has 0 aliphatic carbocycles. The minimum Gasteiger partial charge on any atom is -0.321 e. The van der Waals surface area contributed by atoms with E-state index in [4.69, 9.17) is 0 Å². The summed E-state index contributed by atoms with van der Waals surface area (Å²) in [4.78, 5) is 12.1. The van der Waals surface area contributed by atoms with Crippen LogP contribution in [0.5, 0.6) is 0 Å². The molecular weight excluding hydrogens is 422 g/mol. The Bertz CT molecular complexity index is 1110. The zero-order chi connectivity index (χ0) is 22.3. The lowest BCUT2D eigenvalue weighted by molar-refractivity contribution is -0.116. The van der Waals surface area contributed by atoms with Gasteiger partial charge in [-0.05, 0) is 48.2 Å². The summed E-state index contributed by atoms with van der Waals surface area (Å²) in [6.45, 7) is 0.279. The largest absolute Gasteiger partial charge is 0.321 e. The van der Waals surface area contributed by atoms with Gasteiger partial charge in [0.25, 0.3) is 0 Å². The van der Waals surface area contributed by atoms with Crippen molar-refractivity contribution in [3.05, 3.63) is 95.6 Å². The van der Waals surface area contributed by atoms with E-state index >= 15 is 0 Å². The summed E-state index contributed by atoms with van der Waals surface area (Å²) >= 11 is 0. The predicted molar refractivity (Wildman–Crippen MR) is 115 cm³/mol. The number of hydrogen-bond donors (Lipinski definition) is 2. The van der Waals surface area contributed by atoms with E-state index in [9.17, 15) is 22.0 Å². The van der Waals surface area contributed by atoms with Crippen molar-refractivity contribution in [2.75, 3.05) is 11.9 Å². The van der Waals surface area contributed by atoms with Crippen molar-refractivity contribution in [3.8, 4) is 0 Å². The summed E-state index contributed by atoms with van der Waals surface area (Å²) in [5.41, 5.74) is 1.29. The number of sulfonamides is 1. The molecule has 3 aromatic rings. The molecule has 0 radical (unpaired) electrons. The van der Waals surface area contributed by atoms with Gasteiger partial charge in [-0.1, -0.05) is 48.5 Å². The summed E-state index contributed by atoms with van der Waals surface area (Å²) in [5, 5.41) is 2.23. The third-order valence-electron chi connectivity index (χ3n) is 4.65. The molecule has 2 N–H and O–H groups in total. The summed E-state index contributed by atoms with van der Waals surface area (Å²) in [5.74, 6) is -2.23. The zero-order valence-electron chi connectivity index (χ0n) is 16.6. The number of carbonyl (C=O) groups excluding carboxylic acids is 1. The molecule has 0 heterocycles. The molecule has 31 heavy (non-hydrogen) atoms. The molecule has 0 atom stereocenters. The third-order valence-corrected chi connectivity index (χ3v) is 6.13. The van der Waals surface area contributed by atoms with E-state index in [0.717, 1.165) is 23.3 Å². The lowest BCUT2D eigenvalue weighted by atomic mass is 10.1. The van der Waals surface area contributed by atoms with Gasteiger partial charge in [0.05, 0.1) is 4.90 Å². The van der Waals surface area contributed by atoms with Gasteiger partial charge in [-0.25, -0.2) is 21.9 Å². The molecule has 8 heteroatoms. The number of nitrogens with one attached hydrogen (secondary N) is 2. The summed E-state index contributed by atoms with van der Waals surface area (Å²) in [7, 11) is -3.64. The molecule has 3 aromatic carbocycles. The fraction of sp³-hybridized carbons (Fsp3) is 0.174. The molecule has 1 amide bonds. The van der Waals surface area contributed by atoms with Crippen molar-refractivity contribution in [3.63, 3.8) is 0 Å². The van der Waals surface area contributed by atoms with E-state index in [-0.39, 0.29) is 17.9 Å². The van der Waals surface area contributed by atoms with Crippen LogP contribution in [0.3, 0.4) is 0 Å². The van der Waals surface area contributed by atoms with Gasteiger partial charge in [0.15, 0.2) is 0 Å². The van der Waals surface area contributed by atoms with E-state index in [1.165, 1.54) is 18.2 Å². The average Bonchev–Trinajstić information content (AvgIpc) is 2.76. The van der Waals surface area contributed by atoms with Crippen molar-refractivity contribution in [1.82, 2.24) is 4.72 Å². The maximum absolute atomic E-state index is 13.6. The standard InChI is InChI=1S/C23H22F2N2O3S/c24-20-7-4-8-21(25)23(20)27-22(28)14-11-18-9-12-19(13-10-18)31(29,30)26-16-15-17-5-2-1-3-6-17/h1-10,12-13,26H,11,14-16H2,(H,27,28). The Morgan fingerprint density at radius 1 is 0.774 bits per heavy atom. The fourth-order valence-corrected chi connectivity index (χ4v) is 4.00. The molecule has 0 fully saturated rings. The van der Waals surface area contributed by atoms with Crippen LogP contribution in [0, 0.1) is 11.6 Å². The topological polar surface area (TPSA) is 75.3 Å². The first kappa shape index (κ1) is 22.6. The first-order valence-electron chi connectivity index (χ1n) is 9.71. The quantitative estimate of drug-likeness (QED) is 0.523. The molecule has 5 nitrogen and oxygen atoms in total. The van der Waals surface area contributed by atoms with Crippen molar-refractivity contribution in [2.24, 2.45) is 0 Å². The van der Waals surface area contributed by atoms with Gasteiger partial charge in [0.2, 0.25) is 15.9 Å². The number of rotatable bonds is 9. The highest BCUT2D eigenvalue weighted by molar-refractivity contribution is 7.89. The second-order valence-corrected chi connectivity index (χ2v) is 8.69. The highest BCUT2D eigenvalue weighted by Gasteiger charge is 2.14. The van der Waals surface area contributed by atoms with Gasteiger partial charge in [-0.15, -0.1) is 0 Å². The van der Waals surface area contributed by atoms with Crippen LogP contribution >= 0.6 is 0 Å².